The molecule has 1 fully saturated rings. The van der Waals surface area contributed by atoms with Gasteiger partial charge >= 0.3 is 0 Å². The summed E-state index contributed by atoms with van der Waals surface area (Å²) in [6.07, 6.45) is 6.18. The number of methoxy groups -OCH3 is 1. The van der Waals surface area contributed by atoms with E-state index in [1.54, 1.807) is 12.8 Å². The minimum absolute atomic E-state index is 0.675. The lowest BCUT2D eigenvalue weighted by atomic mass is 10.2. The van der Waals surface area contributed by atoms with Crippen LogP contribution in [0.1, 0.15) is 19.3 Å². The Morgan fingerprint density at radius 3 is 3.45 bits per heavy atom. The quantitative estimate of drug-likeness (QED) is 0.594. The molecule has 1 unspecified atom stereocenters. The molecule has 0 aromatic carbocycles. The summed E-state index contributed by atoms with van der Waals surface area (Å²) in [6.45, 7) is 2.13. The van der Waals surface area contributed by atoms with Crippen LogP contribution in [0.2, 0.25) is 0 Å². The summed E-state index contributed by atoms with van der Waals surface area (Å²) < 4.78 is 5.17. The second-order valence-corrected chi connectivity index (χ2v) is 3.33. The van der Waals surface area contributed by atoms with Crippen LogP contribution in [0.25, 0.3) is 0 Å². The van der Waals surface area contributed by atoms with E-state index in [4.69, 9.17) is 4.74 Å². The van der Waals surface area contributed by atoms with Gasteiger partial charge in [0.1, 0.15) is 0 Å². The van der Waals surface area contributed by atoms with Crippen molar-refractivity contribution in [1.29, 1.82) is 0 Å². The van der Waals surface area contributed by atoms with Crippen LogP contribution in [0, 0.1) is 0 Å². The normalized spacial score (nSPS) is 29.0. The molecule has 0 aromatic rings. The number of allylic oxidation sites excluding steroid dienone is 1. The van der Waals surface area contributed by atoms with E-state index in [2.05, 4.69) is 11.0 Å². The van der Waals surface area contributed by atoms with Crippen molar-refractivity contribution in [3.8, 4) is 0 Å². The Morgan fingerprint density at radius 1 is 1.73 bits per heavy atom. The predicted molar refractivity (Wildman–Crippen MR) is 44.3 cm³/mol. The van der Waals surface area contributed by atoms with Gasteiger partial charge in [-0.1, -0.05) is 6.08 Å². The van der Waals surface area contributed by atoms with Crippen LogP contribution in [-0.2, 0) is 4.74 Å². The van der Waals surface area contributed by atoms with Gasteiger partial charge in [0.2, 0.25) is 0 Å². The molecule has 2 aliphatic heterocycles. The van der Waals surface area contributed by atoms with Crippen molar-refractivity contribution in [2.45, 2.75) is 25.3 Å². The number of hydrogen-bond donors (Lipinski definition) is 0. The molecule has 62 valence electrons. The Balaban J connectivity index is 2.00. The Hall–Kier alpha value is -0.500. The Morgan fingerprint density at radius 2 is 2.64 bits per heavy atom. The summed E-state index contributed by atoms with van der Waals surface area (Å²) in [5.41, 5.74) is 1.56. The smallest absolute Gasteiger partial charge is 0.0666 e. The van der Waals surface area contributed by atoms with Gasteiger partial charge in [-0.05, 0) is 19.3 Å². The largest absolute Gasteiger partial charge is 0.383 e. The second-order valence-electron chi connectivity index (χ2n) is 3.33. The first-order valence-electron chi connectivity index (χ1n) is 4.36. The van der Waals surface area contributed by atoms with Gasteiger partial charge in [0, 0.05) is 19.4 Å². The number of hydrogen-bond acceptors (Lipinski definition) is 2. The maximum atomic E-state index is 5.17. The standard InChI is InChI=1S/C9H15NO/c1-11-7-9-5-4-8-3-2-6-10(8)9/h3,9H,2,4-7H2,1H3. The highest BCUT2D eigenvalue weighted by molar-refractivity contribution is 5.14. The summed E-state index contributed by atoms with van der Waals surface area (Å²) in [7, 11) is 1.79. The molecule has 0 spiro atoms. The number of nitrogens with zero attached hydrogens (tertiary/aromatic N) is 1. The molecule has 2 heteroatoms. The third-order valence-corrected chi connectivity index (χ3v) is 2.65. The highest BCUT2D eigenvalue weighted by Crippen LogP contribution is 2.31. The van der Waals surface area contributed by atoms with Crippen molar-refractivity contribution in [2.24, 2.45) is 0 Å². The molecular weight excluding hydrogens is 138 g/mol. The number of ether oxygens (including phenoxy) is 1. The lowest BCUT2D eigenvalue weighted by molar-refractivity contribution is 0.130. The minimum Gasteiger partial charge on any atom is -0.383 e. The van der Waals surface area contributed by atoms with Gasteiger partial charge in [-0.15, -0.1) is 0 Å². The van der Waals surface area contributed by atoms with Gasteiger partial charge in [-0.25, -0.2) is 0 Å². The molecule has 1 saturated heterocycles. The van der Waals surface area contributed by atoms with Crippen molar-refractivity contribution in [3.05, 3.63) is 11.8 Å². The third kappa shape index (κ3) is 1.16. The van der Waals surface area contributed by atoms with E-state index in [-0.39, 0.29) is 0 Å². The van der Waals surface area contributed by atoms with Crippen molar-refractivity contribution in [2.75, 3.05) is 20.3 Å². The average Bonchev–Trinajstić information content (AvgIpc) is 2.53. The molecule has 0 amide bonds. The lowest BCUT2D eigenvalue weighted by Crippen LogP contribution is -2.30. The van der Waals surface area contributed by atoms with E-state index >= 15 is 0 Å². The van der Waals surface area contributed by atoms with Gasteiger partial charge in [0.25, 0.3) is 0 Å². The molecule has 2 heterocycles. The molecule has 2 nitrogen and oxygen atoms in total. The van der Waals surface area contributed by atoms with Crippen molar-refractivity contribution >= 4 is 0 Å². The van der Waals surface area contributed by atoms with E-state index in [9.17, 15) is 0 Å². The molecule has 11 heavy (non-hydrogen) atoms. The maximum absolute atomic E-state index is 5.17. The zero-order valence-corrected chi connectivity index (χ0v) is 7.05. The summed E-state index contributed by atoms with van der Waals surface area (Å²) in [4.78, 5) is 2.50. The summed E-state index contributed by atoms with van der Waals surface area (Å²) in [5.74, 6) is 0. The Labute approximate surface area is 67.8 Å². The van der Waals surface area contributed by atoms with E-state index in [1.807, 2.05) is 0 Å². The first-order chi connectivity index (χ1) is 5.42. The zero-order chi connectivity index (χ0) is 7.68. The lowest BCUT2D eigenvalue weighted by Gasteiger charge is -2.22. The Kier molecular flexibility index (Phi) is 1.86. The molecule has 0 aliphatic carbocycles. The number of rotatable bonds is 2. The first kappa shape index (κ1) is 7.17. The topological polar surface area (TPSA) is 12.5 Å². The fourth-order valence-corrected chi connectivity index (χ4v) is 2.13. The van der Waals surface area contributed by atoms with Crippen LogP contribution in [-0.4, -0.2) is 31.2 Å². The molecule has 0 saturated carbocycles. The molecule has 0 radical (unpaired) electrons. The average molecular weight is 153 g/mol. The van der Waals surface area contributed by atoms with Crippen molar-refractivity contribution < 1.29 is 4.74 Å². The molecule has 1 atom stereocenters. The van der Waals surface area contributed by atoms with Crippen LogP contribution >= 0.6 is 0 Å². The van der Waals surface area contributed by atoms with Gasteiger partial charge < -0.3 is 9.64 Å². The van der Waals surface area contributed by atoms with Crippen LogP contribution in [0.3, 0.4) is 0 Å². The van der Waals surface area contributed by atoms with Gasteiger partial charge in [-0.3, -0.25) is 0 Å². The third-order valence-electron chi connectivity index (χ3n) is 2.65. The first-order valence-corrected chi connectivity index (χ1v) is 4.36. The monoisotopic (exact) mass is 153 g/mol. The molecule has 2 aliphatic rings. The summed E-state index contributed by atoms with van der Waals surface area (Å²) in [5, 5.41) is 0. The minimum atomic E-state index is 0.675. The Bertz CT molecular complexity index is 176. The van der Waals surface area contributed by atoms with E-state index < -0.39 is 0 Å². The van der Waals surface area contributed by atoms with Crippen LogP contribution < -0.4 is 0 Å². The van der Waals surface area contributed by atoms with Gasteiger partial charge in [0.15, 0.2) is 0 Å². The van der Waals surface area contributed by atoms with Crippen LogP contribution in [0.5, 0.6) is 0 Å². The van der Waals surface area contributed by atoms with Crippen LogP contribution in [0.15, 0.2) is 11.8 Å². The van der Waals surface area contributed by atoms with Gasteiger partial charge in [0.05, 0.1) is 12.6 Å². The molecule has 0 bridgehead atoms. The highest BCUT2D eigenvalue weighted by atomic mass is 16.5. The fraction of sp³-hybridized carbons (Fsp3) is 0.778. The number of fused-ring (bicyclic) bond motifs is 1. The SMILES string of the molecule is COCC1CCC2=CCCN21. The molecule has 0 aromatic heterocycles. The summed E-state index contributed by atoms with van der Waals surface area (Å²) in [6, 6.07) is 0.675. The van der Waals surface area contributed by atoms with Crippen LogP contribution in [0.4, 0.5) is 0 Å². The molecule has 0 N–H and O–H groups in total. The van der Waals surface area contributed by atoms with Crippen molar-refractivity contribution in [3.63, 3.8) is 0 Å². The summed E-state index contributed by atoms with van der Waals surface area (Å²) >= 11 is 0. The second kappa shape index (κ2) is 2.86. The van der Waals surface area contributed by atoms with Crippen molar-refractivity contribution in [1.82, 2.24) is 4.90 Å². The molecular formula is C9H15NO. The maximum Gasteiger partial charge on any atom is 0.0666 e. The molecule has 2 rings (SSSR count). The fourth-order valence-electron chi connectivity index (χ4n) is 2.13. The zero-order valence-electron chi connectivity index (χ0n) is 7.05. The predicted octanol–water partition coefficient (Wildman–Crippen LogP) is 1.38. The van der Waals surface area contributed by atoms with E-state index in [1.165, 1.54) is 25.8 Å². The van der Waals surface area contributed by atoms with E-state index in [0.29, 0.717) is 6.04 Å². The van der Waals surface area contributed by atoms with E-state index in [0.717, 1.165) is 6.61 Å². The highest BCUT2D eigenvalue weighted by Gasteiger charge is 2.29. The van der Waals surface area contributed by atoms with Gasteiger partial charge in [-0.2, -0.15) is 0 Å².